The molecule has 0 aliphatic heterocycles. The lowest BCUT2D eigenvalue weighted by molar-refractivity contribution is -0.118. The number of hydrogen-bond acceptors (Lipinski definition) is 6. The first-order valence-corrected chi connectivity index (χ1v) is 12.7. The predicted molar refractivity (Wildman–Crippen MR) is 135 cm³/mol. The van der Waals surface area contributed by atoms with Crippen molar-refractivity contribution in [2.45, 2.75) is 49.7 Å². The summed E-state index contributed by atoms with van der Waals surface area (Å²) >= 11 is 1.34. The molecule has 0 saturated heterocycles. The van der Waals surface area contributed by atoms with E-state index in [0.29, 0.717) is 40.5 Å². The molecule has 1 amide bonds. The molecule has 0 spiro atoms. The van der Waals surface area contributed by atoms with Crippen molar-refractivity contribution in [3.05, 3.63) is 58.4 Å². The maximum atomic E-state index is 13.3. The fourth-order valence-corrected chi connectivity index (χ4v) is 5.35. The second-order valence-electron chi connectivity index (χ2n) is 8.46. The first-order valence-electron chi connectivity index (χ1n) is 11.7. The number of amides is 1. The summed E-state index contributed by atoms with van der Waals surface area (Å²) in [5.74, 6) is 1.48. The van der Waals surface area contributed by atoms with Gasteiger partial charge in [-0.3, -0.25) is 14.2 Å². The zero-order valence-electron chi connectivity index (χ0n) is 19.7. The van der Waals surface area contributed by atoms with Gasteiger partial charge in [0, 0.05) is 12.6 Å². The lowest BCUT2D eigenvalue weighted by atomic mass is 9.95. The summed E-state index contributed by atoms with van der Waals surface area (Å²) in [6.45, 7) is 0.509. The van der Waals surface area contributed by atoms with Gasteiger partial charge in [0.25, 0.3) is 5.56 Å². The highest BCUT2D eigenvalue weighted by Crippen LogP contribution is 2.31. The fraction of sp³-hybridized carbons (Fsp3) is 0.423. The van der Waals surface area contributed by atoms with Gasteiger partial charge in [-0.05, 0) is 49.1 Å². The maximum Gasteiger partial charge on any atom is 0.262 e. The number of para-hydroxylation sites is 1. The molecule has 0 unspecified atom stereocenters. The predicted octanol–water partition coefficient (Wildman–Crippen LogP) is 4.37. The van der Waals surface area contributed by atoms with Gasteiger partial charge in [0.05, 0.1) is 30.9 Å². The molecule has 2 aromatic carbocycles. The summed E-state index contributed by atoms with van der Waals surface area (Å²) < 4.78 is 12.4. The molecule has 8 heteroatoms. The van der Waals surface area contributed by atoms with Crippen LogP contribution in [0, 0.1) is 0 Å². The van der Waals surface area contributed by atoms with E-state index in [9.17, 15) is 9.59 Å². The number of nitrogens with zero attached hydrogens (tertiary/aromatic N) is 2. The largest absolute Gasteiger partial charge is 0.493 e. The molecule has 4 rings (SSSR count). The van der Waals surface area contributed by atoms with E-state index in [4.69, 9.17) is 14.5 Å². The quantitative estimate of drug-likeness (QED) is 0.361. The maximum absolute atomic E-state index is 13.3. The normalized spacial score (nSPS) is 14.2. The number of fused-ring (bicyclic) bond motifs is 1. The summed E-state index contributed by atoms with van der Waals surface area (Å²) in [6.07, 6.45) is 6.07. The van der Waals surface area contributed by atoms with Crippen molar-refractivity contribution in [1.82, 2.24) is 14.9 Å². The number of nitrogens with one attached hydrogen (secondary N) is 1. The molecular weight excluding hydrogens is 450 g/mol. The van der Waals surface area contributed by atoms with Gasteiger partial charge in [-0.2, -0.15) is 0 Å². The zero-order chi connectivity index (χ0) is 23.9. The second-order valence-corrected chi connectivity index (χ2v) is 9.40. The number of ether oxygens (including phenoxy) is 2. The Hall–Kier alpha value is -3.00. The highest BCUT2D eigenvalue weighted by molar-refractivity contribution is 7.99. The van der Waals surface area contributed by atoms with E-state index in [-0.39, 0.29) is 23.3 Å². The monoisotopic (exact) mass is 481 g/mol. The zero-order valence-corrected chi connectivity index (χ0v) is 20.5. The lowest BCUT2D eigenvalue weighted by Gasteiger charge is -2.26. The van der Waals surface area contributed by atoms with Gasteiger partial charge < -0.3 is 14.8 Å². The molecule has 1 fully saturated rings. The van der Waals surface area contributed by atoms with Crippen molar-refractivity contribution in [2.75, 3.05) is 26.5 Å². The Kier molecular flexibility index (Phi) is 8.11. The second kappa shape index (κ2) is 11.4. The molecular formula is C26H31N3O4S. The van der Waals surface area contributed by atoms with E-state index in [1.54, 1.807) is 14.2 Å². The van der Waals surface area contributed by atoms with E-state index >= 15 is 0 Å². The minimum atomic E-state index is -0.0805. The van der Waals surface area contributed by atoms with Gasteiger partial charge in [0.2, 0.25) is 5.91 Å². The topological polar surface area (TPSA) is 82.5 Å². The Labute approximate surface area is 203 Å². The average Bonchev–Trinajstić information content (AvgIpc) is 2.88. The van der Waals surface area contributed by atoms with Crippen molar-refractivity contribution < 1.29 is 14.3 Å². The van der Waals surface area contributed by atoms with Crippen molar-refractivity contribution in [3.63, 3.8) is 0 Å². The highest BCUT2D eigenvalue weighted by Gasteiger charge is 2.22. The minimum Gasteiger partial charge on any atom is -0.493 e. The van der Waals surface area contributed by atoms with Crippen molar-refractivity contribution in [3.8, 4) is 11.5 Å². The first-order chi connectivity index (χ1) is 16.6. The van der Waals surface area contributed by atoms with Gasteiger partial charge in [0.15, 0.2) is 16.7 Å². The van der Waals surface area contributed by atoms with Gasteiger partial charge >= 0.3 is 0 Å². The molecule has 1 heterocycles. The van der Waals surface area contributed by atoms with E-state index in [1.165, 1.54) is 18.2 Å². The SMILES string of the molecule is COc1ccc(CCNC(=O)CSc2nc3ccccc3c(=O)n2C2CCCCC2)cc1OC. The van der Waals surface area contributed by atoms with Crippen molar-refractivity contribution in [2.24, 2.45) is 0 Å². The number of aromatic nitrogens is 2. The molecule has 0 bridgehead atoms. The summed E-state index contributed by atoms with van der Waals surface area (Å²) in [6, 6.07) is 13.3. The third kappa shape index (κ3) is 5.55. The summed E-state index contributed by atoms with van der Waals surface area (Å²) in [5, 5.41) is 4.24. The third-order valence-electron chi connectivity index (χ3n) is 6.23. The number of rotatable bonds is 9. The molecule has 34 heavy (non-hydrogen) atoms. The number of methoxy groups -OCH3 is 2. The van der Waals surface area contributed by atoms with Crippen LogP contribution >= 0.6 is 11.8 Å². The molecule has 0 radical (unpaired) electrons. The average molecular weight is 482 g/mol. The summed E-state index contributed by atoms with van der Waals surface area (Å²) in [4.78, 5) is 30.7. The first kappa shape index (κ1) is 24.1. The molecule has 1 aromatic heterocycles. The molecule has 1 N–H and O–H groups in total. The van der Waals surface area contributed by atoms with Crippen LogP contribution in [-0.4, -0.2) is 42.0 Å². The van der Waals surface area contributed by atoms with E-state index in [0.717, 1.165) is 31.2 Å². The Bertz CT molecular complexity index is 1200. The van der Waals surface area contributed by atoms with Crippen LogP contribution in [0.3, 0.4) is 0 Å². The Morgan fingerprint density at radius 1 is 1.09 bits per heavy atom. The number of carbonyl (C=O) groups excluding carboxylic acids is 1. The number of hydrogen-bond donors (Lipinski definition) is 1. The van der Waals surface area contributed by atoms with Crippen molar-refractivity contribution >= 4 is 28.6 Å². The molecule has 0 atom stereocenters. The van der Waals surface area contributed by atoms with Crippen LogP contribution in [0.4, 0.5) is 0 Å². The molecule has 1 saturated carbocycles. The Balaban J connectivity index is 1.41. The van der Waals surface area contributed by atoms with Gasteiger partial charge in [-0.25, -0.2) is 4.98 Å². The van der Waals surface area contributed by atoms with Gasteiger partial charge in [-0.15, -0.1) is 0 Å². The highest BCUT2D eigenvalue weighted by atomic mass is 32.2. The van der Waals surface area contributed by atoms with Crippen LogP contribution in [0.15, 0.2) is 52.4 Å². The van der Waals surface area contributed by atoms with Gasteiger partial charge in [0.1, 0.15) is 0 Å². The van der Waals surface area contributed by atoms with Gasteiger partial charge in [-0.1, -0.05) is 49.2 Å². The van der Waals surface area contributed by atoms with E-state index in [2.05, 4.69) is 5.32 Å². The number of carbonyl (C=O) groups is 1. The standard InChI is InChI=1S/C26H31N3O4S/c1-32-22-13-12-18(16-23(22)33-2)14-15-27-24(30)17-34-26-28-21-11-7-6-10-20(21)25(31)29(26)19-8-4-3-5-9-19/h6-7,10-13,16,19H,3-5,8-9,14-15,17H2,1-2H3,(H,27,30). The lowest BCUT2D eigenvalue weighted by Crippen LogP contribution is -2.30. The minimum absolute atomic E-state index is 0.00568. The van der Waals surface area contributed by atoms with E-state index < -0.39 is 0 Å². The fourth-order valence-electron chi connectivity index (χ4n) is 4.45. The third-order valence-corrected chi connectivity index (χ3v) is 7.18. The number of benzene rings is 2. The van der Waals surface area contributed by atoms with Crippen LogP contribution in [0.5, 0.6) is 11.5 Å². The Morgan fingerprint density at radius 2 is 1.85 bits per heavy atom. The molecule has 7 nitrogen and oxygen atoms in total. The van der Waals surface area contributed by atoms with Crippen LogP contribution in [0.1, 0.15) is 43.7 Å². The Morgan fingerprint density at radius 3 is 2.62 bits per heavy atom. The smallest absolute Gasteiger partial charge is 0.262 e. The summed E-state index contributed by atoms with van der Waals surface area (Å²) in [7, 11) is 3.21. The van der Waals surface area contributed by atoms with Crippen molar-refractivity contribution in [1.29, 1.82) is 0 Å². The van der Waals surface area contributed by atoms with Crippen LogP contribution < -0.4 is 20.3 Å². The molecule has 1 aliphatic rings. The van der Waals surface area contributed by atoms with Crippen LogP contribution in [-0.2, 0) is 11.2 Å². The molecule has 3 aromatic rings. The van der Waals surface area contributed by atoms with Crippen LogP contribution in [0.2, 0.25) is 0 Å². The molecule has 1 aliphatic carbocycles. The summed E-state index contributed by atoms with van der Waals surface area (Å²) in [5.41, 5.74) is 1.72. The van der Waals surface area contributed by atoms with Crippen LogP contribution in [0.25, 0.3) is 10.9 Å². The molecule has 180 valence electrons. The number of thioether (sulfide) groups is 1. The van der Waals surface area contributed by atoms with E-state index in [1.807, 2.05) is 47.0 Å².